The van der Waals surface area contributed by atoms with E-state index in [4.69, 9.17) is 14.6 Å². The van der Waals surface area contributed by atoms with Crippen LogP contribution in [-0.4, -0.2) is 42.9 Å². The lowest BCUT2D eigenvalue weighted by Crippen LogP contribution is -2.29. The van der Waals surface area contributed by atoms with Gasteiger partial charge in [-0.05, 0) is 24.1 Å². The molecule has 1 aliphatic rings. The van der Waals surface area contributed by atoms with Gasteiger partial charge < -0.3 is 19.5 Å². The number of benzene rings is 1. The van der Waals surface area contributed by atoms with Crippen molar-refractivity contribution in [3.8, 4) is 11.5 Å². The Hall–Kier alpha value is -1.75. The van der Waals surface area contributed by atoms with E-state index in [0.29, 0.717) is 6.54 Å². The highest BCUT2D eigenvalue weighted by molar-refractivity contribution is 5.75. The van der Waals surface area contributed by atoms with Gasteiger partial charge >= 0.3 is 0 Å². The van der Waals surface area contributed by atoms with Gasteiger partial charge in [-0.2, -0.15) is 0 Å². The smallest absolute Gasteiger partial charge is 0.231 e. The first-order valence-electron chi connectivity index (χ1n) is 5.94. The molecule has 0 bridgehead atoms. The first-order valence-corrected chi connectivity index (χ1v) is 5.94. The average molecular weight is 251 g/mol. The van der Waals surface area contributed by atoms with Crippen LogP contribution in [0, 0.1) is 0 Å². The Balaban J connectivity index is 1.88. The molecular formula is C13H17NO4. The zero-order valence-electron chi connectivity index (χ0n) is 10.4. The third-order valence-electron chi connectivity index (χ3n) is 2.92. The first-order chi connectivity index (χ1) is 8.70. The minimum absolute atomic E-state index is 0.0433. The number of hydrogen-bond acceptors (Lipinski definition) is 4. The van der Waals surface area contributed by atoms with Gasteiger partial charge in [-0.25, -0.2) is 0 Å². The molecule has 0 aromatic heterocycles. The molecule has 5 nitrogen and oxygen atoms in total. The molecule has 5 heteroatoms. The molecular weight excluding hydrogens is 234 g/mol. The van der Waals surface area contributed by atoms with Crippen molar-refractivity contribution in [1.29, 1.82) is 0 Å². The Morgan fingerprint density at radius 3 is 2.94 bits per heavy atom. The highest BCUT2D eigenvalue weighted by atomic mass is 16.7. The third-order valence-corrected chi connectivity index (χ3v) is 2.92. The summed E-state index contributed by atoms with van der Waals surface area (Å²) in [5, 5.41) is 8.70. The van der Waals surface area contributed by atoms with Crippen LogP contribution in [0.2, 0.25) is 0 Å². The van der Waals surface area contributed by atoms with Gasteiger partial charge in [0.05, 0.1) is 6.61 Å². The summed E-state index contributed by atoms with van der Waals surface area (Å²) < 4.78 is 10.5. The van der Waals surface area contributed by atoms with E-state index in [1.807, 2.05) is 18.2 Å². The highest BCUT2D eigenvalue weighted by Gasteiger charge is 2.14. The van der Waals surface area contributed by atoms with Crippen molar-refractivity contribution >= 4 is 5.91 Å². The van der Waals surface area contributed by atoms with Gasteiger partial charge in [0.2, 0.25) is 12.7 Å². The summed E-state index contributed by atoms with van der Waals surface area (Å²) >= 11 is 0. The van der Waals surface area contributed by atoms with Gasteiger partial charge in [0.25, 0.3) is 0 Å². The second-order valence-corrected chi connectivity index (χ2v) is 4.23. The maximum Gasteiger partial charge on any atom is 0.231 e. The van der Waals surface area contributed by atoms with Crippen molar-refractivity contribution in [3.63, 3.8) is 0 Å². The Morgan fingerprint density at radius 1 is 1.39 bits per heavy atom. The summed E-state index contributed by atoms with van der Waals surface area (Å²) in [6.07, 6.45) is 0.932. The summed E-state index contributed by atoms with van der Waals surface area (Å²) in [5.74, 6) is 1.48. The van der Waals surface area contributed by atoms with Crippen LogP contribution in [0.1, 0.15) is 12.0 Å². The molecule has 1 aliphatic heterocycles. The predicted molar refractivity (Wildman–Crippen MR) is 65.6 cm³/mol. The number of aliphatic hydroxyl groups excluding tert-OH is 1. The second kappa shape index (κ2) is 5.73. The zero-order valence-corrected chi connectivity index (χ0v) is 10.4. The fourth-order valence-electron chi connectivity index (χ4n) is 1.80. The van der Waals surface area contributed by atoms with Gasteiger partial charge in [0.15, 0.2) is 11.5 Å². The number of fused-ring (bicyclic) bond motifs is 1. The molecule has 1 N–H and O–H groups in total. The van der Waals surface area contributed by atoms with Crippen LogP contribution >= 0.6 is 0 Å². The minimum atomic E-state index is -0.104. The first kappa shape index (κ1) is 12.7. The molecule has 1 amide bonds. The molecule has 0 atom stereocenters. The number of rotatable bonds is 5. The fraction of sp³-hybridized carbons (Fsp3) is 0.462. The number of hydrogen-bond donors (Lipinski definition) is 1. The number of aliphatic hydroxyl groups is 1. The molecule has 1 heterocycles. The number of carbonyl (C=O) groups excluding carboxylic acids is 1. The molecule has 0 aliphatic carbocycles. The largest absolute Gasteiger partial charge is 0.454 e. The van der Waals surface area contributed by atoms with Gasteiger partial charge in [0, 0.05) is 20.0 Å². The lowest BCUT2D eigenvalue weighted by molar-refractivity contribution is -0.130. The van der Waals surface area contributed by atoms with Gasteiger partial charge in [-0.3, -0.25) is 4.79 Å². The van der Waals surface area contributed by atoms with E-state index in [0.717, 1.165) is 23.5 Å². The van der Waals surface area contributed by atoms with Crippen molar-refractivity contribution in [3.05, 3.63) is 23.8 Å². The zero-order chi connectivity index (χ0) is 13.0. The Kier molecular flexibility index (Phi) is 4.04. The molecule has 0 fully saturated rings. The van der Waals surface area contributed by atoms with E-state index in [1.54, 1.807) is 11.9 Å². The number of likely N-dealkylation sites (N-methyl/N-ethyl adjacent to an activating group) is 1. The van der Waals surface area contributed by atoms with Gasteiger partial charge in [0.1, 0.15) is 0 Å². The number of amides is 1. The van der Waals surface area contributed by atoms with Crippen molar-refractivity contribution in [2.45, 2.75) is 12.8 Å². The van der Waals surface area contributed by atoms with Crippen molar-refractivity contribution in [2.24, 2.45) is 0 Å². The van der Waals surface area contributed by atoms with Crippen molar-refractivity contribution in [1.82, 2.24) is 4.90 Å². The van der Waals surface area contributed by atoms with Crippen LogP contribution in [0.5, 0.6) is 11.5 Å². The summed E-state index contributed by atoms with van der Waals surface area (Å²) in [6, 6.07) is 5.79. The molecule has 2 rings (SSSR count). The Labute approximate surface area is 106 Å². The second-order valence-electron chi connectivity index (χ2n) is 4.23. The molecule has 0 radical (unpaired) electrons. The van der Waals surface area contributed by atoms with E-state index < -0.39 is 0 Å². The van der Waals surface area contributed by atoms with Crippen LogP contribution in [0.15, 0.2) is 18.2 Å². The number of ether oxygens (including phenoxy) is 2. The van der Waals surface area contributed by atoms with Crippen LogP contribution in [0.3, 0.4) is 0 Å². The van der Waals surface area contributed by atoms with E-state index >= 15 is 0 Å². The van der Waals surface area contributed by atoms with Crippen molar-refractivity contribution < 1.29 is 19.4 Å². The maximum absolute atomic E-state index is 11.5. The number of nitrogens with zero attached hydrogens (tertiary/aromatic N) is 1. The minimum Gasteiger partial charge on any atom is -0.454 e. The maximum atomic E-state index is 11.5. The van der Waals surface area contributed by atoms with Crippen LogP contribution < -0.4 is 9.47 Å². The molecule has 0 saturated heterocycles. The van der Waals surface area contributed by atoms with Crippen LogP contribution in [0.4, 0.5) is 0 Å². The Morgan fingerprint density at radius 2 is 2.17 bits per heavy atom. The summed E-state index contributed by atoms with van der Waals surface area (Å²) in [4.78, 5) is 13.1. The SMILES string of the molecule is CN(CCc1ccc2c(c1)OCO2)C(=O)CCO. The molecule has 0 saturated carbocycles. The molecule has 0 spiro atoms. The highest BCUT2D eigenvalue weighted by Crippen LogP contribution is 2.32. The van der Waals surface area contributed by atoms with Gasteiger partial charge in [-0.15, -0.1) is 0 Å². The quantitative estimate of drug-likeness (QED) is 0.841. The molecule has 18 heavy (non-hydrogen) atoms. The van der Waals surface area contributed by atoms with E-state index in [1.165, 1.54) is 0 Å². The van der Waals surface area contributed by atoms with Crippen molar-refractivity contribution in [2.75, 3.05) is 27.0 Å². The predicted octanol–water partition coefficient (Wildman–Crippen LogP) is 0.799. The summed E-state index contributed by atoms with van der Waals surface area (Å²) in [7, 11) is 1.74. The summed E-state index contributed by atoms with van der Waals surface area (Å²) in [6.45, 7) is 0.791. The average Bonchev–Trinajstić information content (AvgIpc) is 2.83. The topological polar surface area (TPSA) is 59.0 Å². The van der Waals surface area contributed by atoms with E-state index in [9.17, 15) is 4.79 Å². The molecule has 1 aromatic rings. The monoisotopic (exact) mass is 251 g/mol. The fourth-order valence-corrected chi connectivity index (χ4v) is 1.80. The molecule has 0 unspecified atom stereocenters. The van der Waals surface area contributed by atoms with E-state index in [2.05, 4.69) is 0 Å². The lowest BCUT2D eigenvalue weighted by Gasteiger charge is -2.16. The Bertz CT molecular complexity index is 433. The van der Waals surface area contributed by atoms with Crippen LogP contribution in [0.25, 0.3) is 0 Å². The third kappa shape index (κ3) is 2.92. The molecule has 1 aromatic carbocycles. The standard InChI is InChI=1S/C13H17NO4/c1-14(13(16)5-7-15)6-4-10-2-3-11-12(8-10)18-9-17-11/h2-3,8,15H,4-7,9H2,1H3. The lowest BCUT2D eigenvalue weighted by atomic mass is 10.1. The summed E-state index contributed by atoms with van der Waals surface area (Å²) in [5.41, 5.74) is 1.10. The van der Waals surface area contributed by atoms with Gasteiger partial charge in [-0.1, -0.05) is 6.07 Å². The van der Waals surface area contributed by atoms with Crippen LogP contribution in [-0.2, 0) is 11.2 Å². The normalized spacial score (nSPS) is 12.6. The molecule has 98 valence electrons. The number of carbonyl (C=O) groups is 1. The van der Waals surface area contributed by atoms with E-state index in [-0.39, 0.29) is 25.7 Å².